The summed E-state index contributed by atoms with van der Waals surface area (Å²) in [5.74, 6) is 0. The highest BCUT2D eigenvalue weighted by Gasteiger charge is 2.47. The van der Waals surface area contributed by atoms with E-state index in [1.165, 1.54) is 0 Å². The SMILES string of the molecule is CN(C)c1ccc(C2(c3ccc(N(C)C)cc3)OC(O)c3cc(N(C)C)ccc32)cc1. The number of rotatable bonds is 5. The number of anilines is 3. The molecule has 1 aliphatic rings. The molecule has 0 aromatic heterocycles. The van der Waals surface area contributed by atoms with Crippen LogP contribution < -0.4 is 14.7 Å². The molecule has 1 aliphatic heterocycles. The van der Waals surface area contributed by atoms with E-state index in [0.717, 1.165) is 39.3 Å². The van der Waals surface area contributed by atoms with Crippen LogP contribution in [0.2, 0.25) is 0 Å². The van der Waals surface area contributed by atoms with Gasteiger partial charge in [0.05, 0.1) is 0 Å². The third-order valence-electron chi connectivity index (χ3n) is 6.07. The van der Waals surface area contributed by atoms with E-state index >= 15 is 0 Å². The molecule has 0 aliphatic carbocycles. The Balaban J connectivity index is 1.93. The van der Waals surface area contributed by atoms with Gasteiger partial charge < -0.3 is 24.5 Å². The molecule has 0 amide bonds. The molecule has 5 nitrogen and oxygen atoms in total. The summed E-state index contributed by atoms with van der Waals surface area (Å²) >= 11 is 0. The standard InChI is InChI=1S/C26H31N3O2/c1-27(2)20-11-7-18(8-12-20)26(19-9-13-21(14-10-19)28(3)4)24-16-15-22(29(5)6)17-23(24)25(30)31-26/h7-17,25,30H,1-6H3. The zero-order chi connectivity index (χ0) is 22.3. The lowest BCUT2D eigenvalue weighted by molar-refractivity contribution is -0.140. The number of benzene rings is 3. The molecule has 0 spiro atoms. The van der Waals surface area contributed by atoms with Crippen molar-refractivity contribution in [3.63, 3.8) is 0 Å². The Labute approximate surface area is 185 Å². The van der Waals surface area contributed by atoms with E-state index in [4.69, 9.17) is 4.74 Å². The van der Waals surface area contributed by atoms with Crippen molar-refractivity contribution in [2.75, 3.05) is 57.0 Å². The van der Waals surface area contributed by atoms with E-state index in [-0.39, 0.29) is 0 Å². The van der Waals surface area contributed by atoms with E-state index in [0.29, 0.717) is 0 Å². The minimum Gasteiger partial charge on any atom is -0.378 e. The highest BCUT2D eigenvalue weighted by Crippen LogP contribution is 2.51. The molecule has 5 heteroatoms. The van der Waals surface area contributed by atoms with Gasteiger partial charge in [-0.05, 0) is 47.5 Å². The summed E-state index contributed by atoms with van der Waals surface area (Å²) in [6.45, 7) is 0. The van der Waals surface area contributed by atoms with Gasteiger partial charge in [0.25, 0.3) is 0 Å². The maximum atomic E-state index is 11.0. The van der Waals surface area contributed by atoms with Crippen LogP contribution in [0.3, 0.4) is 0 Å². The van der Waals surface area contributed by atoms with Crippen LogP contribution >= 0.6 is 0 Å². The Morgan fingerprint density at radius 3 is 1.48 bits per heavy atom. The minimum atomic E-state index is -1.00. The lowest BCUT2D eigenvalue weighted by Gasteiger charge is -2.32. The molecule has 0 bridgehead atoms. The molecule has 1 atom stereocenters. The Bertz CT molecular complexity index is 1010. The Kier molecular flexibility index (Phi) is 5.42. The number of fused-ring (bicyclic) bond motifs is 1. The van der Waals surface area contributed by atoms with Gasteiger partial charge in [-0.15, -0.1) is 0 Å². The van der Waals surface area contributed by atoms with Crippen molar-refractivity contribution in [2.45, 2.75) is 11.9 Å². The molecular formula is C26H31N3O2. The normalized spacial score (nSPS) is 16.7. The molecule has 1 unspecified atom stereocenters. The Morgan fingerprint density at radius 1 is 0.645 bits per heavy atom. The summed E-state index contributed by atoms with van der Waals surface area (Å²) in [4.78, 5) is 6.18. The van der Waals surface area contributed by atoms with Gasteiger partial charge >= 0.3 is 0 Å². The predicted molar refractivity (Wildman–Crippen MR) is 128 cm³/mol. The second kappa shape index (κ2) is 7.91. The Hall–Kier alpha value is -3.02. The highest BCUT2D eigenvalue weighted by molar-refractivity contribution is 5.61. The molecule has 0 saturated heterocycles. The molecule has 4 rings (SSSR count). The summed E-state index contributed by atoms with van der Waals surface area (Å²) in [5, 5.41) is 11.0. The molecule has 0 fully saturated rings. The fourth-order valence-corrected chi connectivity index (χ4v) is 4.25. The fourth-order valence-electron chi connectivity index (χ4n) is 4.25. The molecular weight excluding hydrogens is 386 g/mol. The molecule has 0 radical (unpaired) electrons. The van der Waals surface area contributed by atoms with Gasteiger partial charge in [-0.1, -0.05) is 30.3 Å². The van der Waals surface area contributed by atoms with Crippen molar-refractivity contribution in [2.24, 2.45) is 0 Å². The van der Waals surface area contributed by atoms with Gasteiger partial charge in [-0.3, -0.25) is 0 Å². The second-order valence-corrected chi connectivity index (χ2v) is 8.70. The summed E-state index contributed by atoms with van der Waals surface area (Å²) in [7, 11) is 12.1. The molecule has 162 valence electrons. The quantitative estimate of drug-likeness (QED) is 0.674. The molecule has 3 aromatic rings. The smallest absolute Gasteiger partial charge is 0.183 e. The van der Waals surface area contributed by atoms with Crippen LogP contribution in [0.25, 0.3) is 0 Å². The lowest BCUT2D eigenvalue weighted by atomic mass is 9.79. The average molecular weight is 418 g/mol. The van der Waals surface area contributed by atoms with Gasteiger partial charge in [0.1, 0.15) is 5.60 Å². The first-order chi connectivity index (χ1) is 14.7. The average Bonchev–Trinajstić information content (AvgIpc) is 3.06. The van der Waals surface area contributed by atoms with Crippen molar-refractivity contribution in [3.8, 4) is 0 Å². The zero-order valence-electron chi connectivity index (χ0n) is 19.1. The molecule has 1 N–H and O–H groups in total. The molecule has 0 saturated carbocycles. The summed E-state index contributed by atoms with van der Waals surface area (Å²) in [6.07, 6.45) is -1.00. The first-order valence-electron chi connectivity index (χ1n) is 10.5. The van der Waals surface area contributed by atoms with Crippen LogP contribution in [0, 0.1) is 0 Å². The molecule has 3 aromatic carbocycles. The van der Waals surface area contributed by atoms with Crippen LogP contribution in [0.1, 0.15) is 28.5 Å². The highest BCUT2D eigenvalue weighted by atomic mass is 16.6. The topological polar surface area (TPSA) is 39.2 Å². The number of ether oxygens (including phenoxy) is 1. The van der Waals surface area contributed by atoms with E-state index in [1.54, 1.807) is 0 Å². The number of hydrogen-bond acceptors (Lipinski definition) is 5. The first-order valence-corrected chi connectivity index (χ1v) is 10.5. The predicted octanol–water partition coefficient (Wildman–Crippen LogP) is 4.20. The maximum Gasteiger partial charge on any atom is 0.183 e. The van der Waals surface area contributed by atoms with Gasteiger partial charge in [-0.2, -0.15) is 0 Å². The molecule has 31 heavy (non-hydrogen) atoms. The van der Waals surface area contributed by atoms with Crippen molar-refractivity contribution < 1.29 is 9.84 Å². The first kappa shape index (κ1) is 21.2. The van der Waals surface area contributed by atoms with Crippen molar-refractivity contribution in [1.82, 2.24) is 0 Å². The molecule has 1 heterocycles. The van der Waals surface area contributed by atoms with Crippen LogP contribution in [0.15, 0.2) is 66.7 Å². The van der Waals surface area contributed by atoms with Crippen LogP contribution in [-0.2, 0) is 10.3 Å². The third-order valence-corrected chi connectivity index (χ3v) is 6.07. The summed E-state index contributed by atoms with van der Waals surface area (Å²) in [5.41, 5.74) is 6.14. The van der Waals surface area contributed by atoms with Crippen molar-refractivity contribution in [1.29, 1.82) is 0 Å². The van der Waals surface area contributed by atoms with Gasteiger partial charge in [-0.25, -0.2) is 0 Å². The van der Waals surface area contributed by atoms with Gasteiger partial charge in [0.15, 0.2) is 6.29 Å². The van der Waals surface area contributed by atoms with E-state index in [1.807, 2.05) is 53.3 Å². The maximum absolute atomic E-state index is 11.0. The minimum absolute atomic E-state index is 0.805. The van der Waals surface area contributed by atoms with Crippen LogP contribution in [-0.4, -0.2) is 47.4 Å². The number of aliphatic hydroxyl groups excluding tert-OH is 1. The lowest BCUT2D eigenvalue weighted by Crippen LogP contribution is -2.29. The number of hydrogen-bond donors (Lipinski definition) is 1. The number of aliphatic hydroxyl groups is 1. The Morgan fingerprint density at radius 2 is 1.06 bits per heavy atom. The summed E-state index contributed by atoms with van der Waals surface area (Å²) in [6, 6.07) is 22.9. The van der Waals surface area contributed by atoms with E-state index < -0.39 is 11.9 Å². The van der Waals surface area contributed by atoms with Crippen molar-refractivity contribution >= 4 is 17.1 Å². The summed E-state index contributed by atoms with van der Waals surface area (Å²) < 4.78 is 6.44. The van der Waals surface area contributed by atoms with Gasteiger partial charge in [0.2, 0.25) is 0 Å². The number of nitrogens with zero attached hydrogens (tertiary/aromatic N) is 3. The van der Waals surface area contributed by atoms with Crippen LogP contribution in [0.5, 0.6) is 0 Å². The largest absolute Gasteiger partial charge is 0.378 e. The third kappa shape index (κ3) is 3.54. The van der Waals surface area contributed by atoms with Crippen LogP contribution in [0.4, 0.5) is 17.1 Å². The van der Waals surface area contributed by atoms with E-state index in [2.05, 4.69) is 70.5 Å². The van der Waals surface area contributed by atoms with Gasteiger partial charge in [0, 0.05) is 70.5 Å². The zero-order valence-corrected chi connectivity index (χ0v) is 19.1. The van der Waals surface area contributed by atoms with E-state index in [9.17, 15) is 5.11 Å². The second-order valence-electron chi connectivity index (χ2n) is 8.70. The fraction of sp³-hybridized carbons (Fsp3) is 0.308. The van der Waals surface area contributed by atoms with Crippen molar-refractivity contribution in [3.05, 3.63) is 89.0 Å². The monoisotopic (exact) mass is 417 g/mol.